The number of ether oxygens (including phenoxy) is 1. The molecule has 0 fully saturated rings. The van der Waals surface area contributed by atoms with E-state index in [-0.39, 0.29) is 0 Å². The zero-order chi connectivity index (χ0) is 10.4. The minimum Gasteiger partial charge on any atom is -0.469 e. The zero-order valence-electron chi connectivity index (χ0n) is 7.82. The smallest absolute Gasteiger partial charge is 0.309 e. The highest BCUT2D eigenvalue weighted by Crippen LogP contribution is 2.31. The fourth-order valence-electron chi connectivity index (χ4n) is 1.12. The Morgan fingerprint density at radius 2 is 2.23 bits per heavy atom. The van der Waals surface area contributed by atoms with E-state index in [1.54, 1.807) is 6.92 Å². The van der Waals surface area contributed by atoms with Crippen molar-refractivity contribution in [2.75, 3.05) is 13.7 Å². The molecule has 6 heteroatoms. The first-order valence-electron chi connectivity index (χ1n) is 4.05. The van der Waals surface area contributed by atoms with Gasteiger partial charge in [-0.05, 0) is 13.0 Å². The second kappa shape index (κ2) is 6.13. The van der Waals surface area contributed by atoms with Gasteiger partial charge in [0.1, 0.15) is 0 Å². The highest BCUT2D eigenvalue weighted by Gasteiger charge is 2.27. The molecule has 0 spiro atoms. The average molecular weight is 209 g/mol. The van der Waals surface area contributed by atoms with Gasteiger partial charge in [0, 0.05) is 5.66 Å². The first-order valence-corrected chi connectivity index (χ1v) is 5.48. The van der Waals surface area contributed by atoms with E-state index in [4.69, 9.17) is 10.6 Å². The third kappa shape index (κ3) is 3.89. The summed E-state index contributed by atoms with van der Waals surface area (Å²) in [6.07, 6.45) is 0.366. The standard InChI is InChI=1S/C7H16NO4P/c1-5(7(9)12-2)6(3-4-8)13(10)11/h5-6,13H,3-4,8H2,1-2H3,(H,10,11). The van der Waals surface area contributed by atoms with Crippen molar-refractivity contribution in [2.24, 2.45) is 11.7 Å². The molecule has 0 bridgehead atoms. The van der Waals surface area contributed by atoms with Crippen LogP contribution in [0.5, 0.6) is 0 Å². The van der Waals surface area contributed by atoms with Crippen molar-refractivity contribution in [3.05, 3.63) is 0 Å². The molecule has 0 saturated heterocycles. The van der Waals surface area contributed by atoms with E-state index < -0.39 is 25.6 Å². The fourth-order valence-corrected chi connectivity index (χ4v) is 2.09. The van der Waals surface area contributed by atoms with E-state index in [1.165, 1.54) is 7.11 Å². The van der Waals surface area contributed by atoms with Crippen LogP contribution in [-0.2, 0) is 14.1 Å². The Hall–Kier alpha value is -0.380. The van der Waals surface area contributed by atoms with E-state index in [0.29, 0.717) is 13.0 Å². The second-order valence-corrected chi connectivity index (χ2v) is 4.25. The lowest BCUT2D eigenvalue weighted by atomic mass is 10.1. The number of carbonyl (C=O) groups excluding carboxylic acids is 1. The molecule has 0 aromatic heterocycles. The van der Waals surface area contributed by atoms with Crippen LogP contribution in [0.15, 0.2) is 0 Å². The molecule has 0 heterocycles. The van der Waals surface area contributed by atoms with Crippen molar-refractivity contribution in [3.8, 4) is 0 Å². The Balaban J connectivity index is 4.35. The number of methoxy groups -OCH3 is 1. The largest absolute Gasteiger partial charge is 0.469 e. The van der Waals surface area contributed by atoms with E-state index >= 15 is 0 Å². The molecule has 3 atom stereocenters. The second-order valence-electron chi connectivity index (χ2n) is 2.83. The van der Waals surface area contributed by atoms with Gasteiger partial charge in [0.25, 0.3) is 0 Å². The van der Waals surface area contributed by atoms with E-state index in [9.17, 15) is 9.36 Å². The number of esters is 1. The number of nitrogens with two attached hydrogens (primary N) is 1. The van der Waals surface area contributed by atoms with Gasteiger partial charge in [0.15, 0.2) is 8.03 Å². The Morgan fingerprint density at radius 3 is 2.54 bits per heavy atom. The van der Waals surface area contributed by atoms with Gasteiger partial charge in [0.2, 0.25) is 0 Å². The molecule has 3 N–H and O–H groups in total. The molecule has 13 heavy (non-hydrogen) atoms. The molecule has 0 aliphatic heterocycles. The monoisotopic (exact) mass is 209 g/mol. The maximum absolute atomic E-state index is 11.0. The molecule has 3 unspecified atom stereocenters. The van der Waals surface area contributed by atoms with E-state index in [1.807, 2.05) is 0 Å². The van der Waals surface area contributed by atoms with Crippen LogP contribution in [0.25, 0.3) is 0 Å². The van der Waals surface area contributed by atoms with Crippen LogP contribution in [-0.4, -0.2) is 30.2 Å². The Kier molecular flexibility index (Phi) is 5.95. The van der Waals surface area contributed by atoms with Crippen LogP contribution in [0, 0.1) is 5.92 Å². The molecule has 0 aromatic carbocycles. The molecule has 5 nitrogen and oxygen atoms in total. The molecule has 0 saturated carbocycles. The maximum Gasteiger partial charge on any atom is 0.309 e. The Labute approximate surface area is 78.1 Å². The highest BCUT2D eigenvalue weighted by atomic mass is 31.1. The molecule has 0 aromatic rings. The van der Waals surface area contributed by atoms with Crippen LogP contribution in [0.3, 0.4) is 0 Å². The van der Waals surface area contributed by atoms with Crippen LogP contribution in [0.2, 0.25) is 0 Å². The molecule has 0 amide bonds. The first-order chi connectivity index (χ1) is 6.04. The topological polar surface area (TPSA) is 89.6 Å². The fraction of sp³-hybridized carbons (Fsp3) is 0.857. The molecular formula is C7H16NO4P. The van der Waals surface area contributed by atoms with E-state index in [2.05, 4.69) is 4.74 Å². The van der Waals surface area contributed by atoms with Gasteiger partial charge in [0.05, 0.1) is 13.0 Å². The zero-order valence-corrected chi connectivity index (χ0v) is 8.82. The minimum absolute atomic E-state index is 0.295. The van der Waals surface area contributed by atoms with Gasteiger partial charge in [-0.15, -0.1) is 0 Å². The third-order valence-corrected chi connectivity index (χ3v) is 3.39. The number of rotatable bonds is 5. The quantitative estimate of drug-likeness (QED) is 0.490. The normalized spacial score (nSPS) is 17.5. The summed E-state index contributed by atoms with van der Waals surface area (Å²) in [5.41, 5.74) is 4.69. The number of carbonyl (C=O) groups is 1. The molecule has 0 aliphatic carbocycles. The third-order valence-electron chi connectivity index (χ3n) is 1.97. The van der Waals surface area contributed by atoms with Gasteiger partial charge in [-0.3, -0.25) is 9.36 Å². The summed E-state index contributed by atoms with van der Waals surface area (Å²) in [5, 5.41) is 0. The van der Waals surface area contributed by atoms with Crippen molar-refractivity contribution in [1.82, 2.24) is 0 Å². The summed E-state index contributed by atoms with van der Waals surface area (Å²) >= 11 is 0. The lowest BCUT2D eigenvalue weighted by molar-refractivity contribution is -0.144. The summed E-state index contributed by atoms with van der Waals surface area (Å²) in [5.74, 6) is -1.03. The predicted octanol–water partition coefficient (Wildman–Crippen LogP) is -0.0201. The minimum atomic E-state index is -2.72. The molecule has 0 rings (SSSR count). The van der Waals surface area contributed by atoms with Crippen LogP contribution < -0.4 is 5.73 Å². The van der Waals surface area contributed by atoms with E-state index in [0.717, 1.165) is 0 Å². The van der Waals surface area contributed by atoms with Gasteiger partial charge in [-0.2, -0.15) is 0 Å². The lowest BCUT2D eigenvalue weighted by Gasteiger charge is -2.18. The van der Waals surface area contributed by atoms with Gasteiger partial charge >= 0.3 is 5.97 Å². The lowest BCUT2D eigenvalue weighted by Crippen LogP contribution is -2.26. The molecule has 0 radical (unpaired) electrons. The van der Waals surface area contributed by atoms with Crippen LogP contribution >= 0.6 is 8.03 Å². The molecule has 0 aliphatic rings. The van der Waals surface area contributed by atoms with Gasteiger partial charge < -0.3 is 15.4 Å². The highest BCUT2D eigenvalue weighted by molar-refractivity contribution is 7.39. The molecular weight excluding hydrogens is 193 g/mol. The van der Waals surface area contributed by atoms with Gasteiger partial charge in [-0.1, -0.05) is 6.92 Å². The Bertz CT molecular complexity index is 197. The number of hydrogen-bond acceptors (Lipinski definition) is 4. The molecule has 78 valence electrons. The summed E-state index contributed by atoms with van der Waals surface area (Å²) in [6.45, 7) is 1.87. The average Bonchev–Trinajstić information content (AvgIpc) is 2.11. The Morgan fingerprint density at radius 1 is 1.69 bits per heavy atom. The maximum atomic E-state index is 11.0. The number of hydrogen-bond donors (Lipinski definition) is 2. The summed E-state index contributed by atoms with van der Waals surface area (Å²) < 4.78 is 15.3. The van der Waals surface area contributed by atoms with Gasteiger partial charge in [-0.25, -0.2) is 0 Å². The van der Waals surface area contributed by atoms with Crippen molar-refractivity contribution in [3.63, 3.8) is 0 Å². The van der Waals surface area contributed by atoms with Crippen molar-refractivity contribution in [1.29, 1.82) is 0 Å². The van der Waals surface area contributed by atoms with Crippen LogP contribution in [0.1, 0.15) is 13.3 Å². The predicted molar refractivity (Wildman–Crippen MR) is 49.9 cm³/mol. The SMILES string of the molecule is COC(=O)C(C)C(CCN)[PH](=O)O. The van der Waals surface area contributed by atoms with Crippen molar-refractivity contribution in [2.45, 2.75) is 19.0 Å². The van der Waals surface area contributed by atoms with Crippen molar-refractivity contribution >= 4 is 14.0 Å². The van der Waals surface area contributed by atoms with Crippen molar-refractivity contribution < 1.29 is 19.0 Å². The summed E-state index contributed by atoms with van der Waals surface area (Å²) in [6, 6.07) is 0. The van der Waals surface area contributed by atoms with Crippen LogP contribution in [0.4, 0.5) is 0 Å². The summed E-state index contributed by atoms with van der Waals surface area (Å²) in [4.78, 5) is 20.0. The first kappa shape index (κ1) is 12.6. The summed E-state index contributed by atoms with van der Waals surface area (Å²) in [7, 11) is -1.46.